The van der Waals surface area contributed by atoms with Gasteiger partial charge in [0.15, 0.2) is 0 Å². The van der Waals surface area contributed by atoms with Gasteiger partial charge >= 0.3 is 0 Å². The zero-order valence-corrected chi connectivity index (χ0v) is 23.6. The van der Waals surface area contributed by atoms with Crippen LogP contribution in [0.5, 0.6) is 0 Å². The van der Waals surface area contributed by atoms with Gasteiger partial charge in [-0.05, 0) is 54.5 Å². The Hall–Kier alpha value is -3.45. The number of fused-ring (bicyclic) bond motifs is 1. The fourth-order valence-electron chi connectivity index (χ4n) is 5.03. The van der Waals surface area contributed by atoms with Crippen LogP contribution in [0.3, 0.4) is 0 Å². The smallest absolute Gasteiger partial charge is 0.252 e. The van der Waals surface area contributed by atoms with E-state index < -0.39 is 6.04 Å². The van der Waals surface area contributed by atoms with Crippen LogP contribution in [0.15, 0.2) is 66.0 Å². The summed E-state index contributed by atoms with van der Waals surface area (Å²) in [5.41, 5.74) is 3.44. The maximum absolute atomic E-state index is 13.3. The molecule has 0 fully saturated rings. The number of benzene rings is 2. The Morgan fingerprint density at radius 2 is 1.79 bits per heavy atom. The van der Waals surface area contributed by atoms with Gasteiger partial charge < -0.3 is 14.8 Å². The minimum atomic E-state index is -0.576. The van der Waals surface area contributed by atoms with Crippen LogP contribution in [0.4, 0.5) is 0 Å². The number of amides is 2. The lowest BCUT2D eigenvalue weighted by atomic mass is 10.1. The predicted octanol–water partition coefficient (Wildman–Crippen LogP) is 6.61. The number of nitrogens with zero attached hydrogens (tertiary/aromatic N) is 3. The number of rotatable bonds is 12. The minimum Gasteiger partial charge on any atom is -0.340 e. The maximum Gasteiger partial charge on any atom is 0.252 e. The molecule has 2 aromatic heterocycles. The average molecular weight is 531 g/mol. The molecule has 1 atom stereocenters. The van der Waals surface area contributed by atoms with E-state index in [4.69, 9.17) is 4.98 Å². The van der Waals surface area contributed by atoms with Crippen molar-refractivity contribution in [2.45, 2.75) is 71.5 Å². The fourth-order valence-corrected chi connectivity index (χ4v) is 5.74. The Bertz CT molecular complexity index is 1340. The summed E-state index contributed by atoms with van der Waals surface area (Å²) in [5.74, 6) is 0.695. The topological polar surface area (TPSA) is 67.2 Å². The Balaban J connectivity index is 1.56. The van der Waals surface area contributed by atoms with Gasteiger partial charge in [0.1, 0.15) is 11.9 Å². The second-order valence-corrected chi connectivity index (χ2v) is 10.9. The molecule has 2 aromatic carbocycles. The van der Waals surface area contributed by atoms with E-state index in [2.05, 4.69) is 41.2 Å². The Morgan fingerprint density at radius 3 is 2.45 bits per heavy atom. The van der Waals surface area contributed by atoms with E-state index >= 15 is 0 Å². The van der Waals surface area contributed by atoms with E-state index in [1.54, 1.807) is 23.3 Å². The minimum absolute atomic E-state index is 0.0821. The van der Waals surface area contributed by atoms with Gasteiger partial charge in [-0.25, -0.2) is 4.98 Å². The lowest BCUT2D eigenvalue weighted by Crippen LogP contribution is -2.47. The molecule has 2 amide bonds. The number of carbonyl (C=O) groups is 2. The van der Waals surface area contributed by atoms with Crippen LogP contribution in [0.1, 0.15) is 79.1 Å². The molecule has 2 heterocycles. The molecule has 0 bridgehead atoms. The SMILES string of the molecule is CCCC(NC(=O)c1ccc2c(c1)nc(Cc1cccs1)n2C(CC)CC)C(=O)N(C)Cc1ccccc1. The highest BCUT2D eigenvalue weighted by molar-refractivity contribution is 7.09. The number of likely N-dealkylation sites (N-methyl/N-ethyl adjacent to an activating group) is 1. The molecule has 0 radical (unpaired) electrons. The molecular formula is C31H38N4O2S. The second kappa shape index (κ2) is 12.9. The Morgan fingerprint density at radius 1 is 1.03 bits per heavy atom. The molecule has 0 saturated heterocycles. The average Bonchev–Trinajstić information content (AvgIpc) is 3.57. The molecule has 0 aliphatic heterocycles. The van der Waals surface area contributed by atoms with Gasteiger partial charge in [0.05, 0.1) is 11.0 Å². The summed E-state index contributed by atoms with van der Waals surface area (Å²) in [6, 6.07) is 19.6. The lowest BCUT2D eigenvalue weighted by molar-refractivity contribution is -0.132. The van der Waals surface area contributed by atoms with Crippen molar-refractivity contribution in [3.8, 4) is 0 Å². The lowest BCUT2D eigenvalue weighted by Gasteiger charge is -2.24. The van der Waals surface area contributed by atoms with E-state index in [9.17, 15) is 9.59 Å². The van der Waals surface area contributed by atoms with Crippen molar-refractivity contribution in [3.63, 3.8) is 0 Å². The maximum atomic E-state index is 13.3. The summed E-state index contributed by atoms with van der Waals surface area (Å²) in [6.45, 7) is 6.93. The Labute approximate surface area is 229 Å². The highest BCUT2D eigenvalue weighted by Crippen LogP contribution is 2.28. The third-order valence-corrected chi connectivity index (χ3v) is 7.94. The number of aromatic nitrogens is 2. The quantitative estimate of drug-likeness (QED) is 0.224. The molecule has 0 spiro atoms. The molecule has 38 heavy (non-hydrogen) atoms. The summed E-state index contributed by atoms with van der Waals surface area (Å²) in [4.78, 5) is 34.5. The molecule has 7 heteroatoms. The third-order valence-electron chi connectivity index (χ3n) is 7.06. The highest BCUT2D eigenvalue weighted by Gasteiger charge is 2.25. The van der Waals surface area contributed by atoms with Gasteiger partial charge in [0.2, 0.25) is 5.91 Å². The molecule has 0 saturated carbocycles. The van der Waals surface area contributed by atoms with E-state index in [0.717, 1.165) is 48.1 Å². The summed E-state index contributed by atoms with van der Waals surface area (Å²) >= 11 is 1.73. The monoisotopic (exact) mass is 530 g/mol. The largest absolute Gasteiger partial charge is 0.340 e. The van der Waals surface area contributed by atoms with Crippen LogP contribution in [-0.2, 0) is 17.8 Å². The first-order valence-electron chi connectivity index (χ1n) is 13.6. The molecule has 0 aliphatic rings. The molecular weight excluding hydrogens is 492 g/mol. The first-order chi connectivity index (χ1) is 18.4. The van der Waals surface area contributed by atoms with Gasteiger partial charge in [-0.15, -0.1) is 11.3 Å². The van der Waals surface area contributed by atoms with Crippen molar-refractivity contribution in [3.05, 3.63) is 87.9 Å². The van der Waals surface area contributed by atoms with Crippen molar-refractivity contribution in [2.75, 3.05) is 7.05 Å². The first-order valence-corrected chi connectivity index (χ1v) is 14.5. The molecule has 200 valence electrons. The van der Waals surface area contributed by atoms with Gasteiger partial charge in [-0.1, -0.05) is 63.6 Å². The van der Waals surface area contributed by atoms with Crippen LogP contribution in [0.25, 0.3) is 11.0 Å². The van der Waals surface area contributed by atoms with E-state index in [-0.39, 0.29) is 11.8 Å². The van der Waals surface area contributed by atoms with Crippen molar-refractivity contribution < 1.29 is 9.59 Å². The number of hydrogen-bond donors (Lipinski definition) is 1. The standard InChI is InChI=1S/C31H38N4O2S/c1-5-12-26(31(37)34(4)21-22-13-9-8-10-14-22)33-30(36)23-16-17-28-27(19-23)32-29(20-25-15-11-18-38-25)35(28)24(6-2)7-3/h8-11,13-19,24,26H,5-7,12,20-21H2,1-4H3,(H,33,36). The predicted molar refractivity (Wildman–Crippen MR) is 156 cm³/mol. The van der Waals surface area contributed by atoms with Crippen LogP contribution >= 0.6 is 11.3 Å². The zero-order valence-electron chi connectivity index (χ0n) is 22.8. The van der Waals surface area contributed by atoms with Crippen LogP contribution < -0.4 is 5.32 Å². The first kappa shape index (κ1) is 27.6. The number of imidazole rings is 1. The molecule has 6 nitrogen and oxygen atoms in total. The molecule has 1 unspecified atom stereocenters. The summed E-state index contributed by atoms with van der Waals surface area (Å²) in [5, 5.41) is 5.10. The van der Waals surface area contributed by atoms with Gasteiger partial charge in [-0.3, -0.25) is 9.59 Å². The summed E-state index contributed by atoms with van der Waals surface area (Å²) in [7, 11) is 1.79. The van der Waals surface area contributed by atoms with Crippen LogP contribution in [0.2, 0.25) is 0 Å². The van der Waals surface area contributed by atoms with E-state index in [1.165, 1.54) is 4.88 Å². The normalized spacial score (nSPS) is 12.1. The number of carbonyl (C=O) groups excluding carboxylic acids is 2. The van der Waals surface area contributed by atoms with Crippen molar-refractivity contribution in [1.29, 1.82) is 0 Å². The van der Waals surface area contributed by atoms with Crippen molar-refractivity contribution in [1.82, 2.24) is 19.8 Å². The number of hydrogen-bond acceptors (Lipinski definition) is 4. The molecule has 1 N–H and O–H groups in total. The van der Waals surface area contributed by atoms with E-state index in [0.29, 0.717) is 24.6 Å². The van der Waals surface area contributed by atoms with Gasteiger partial charge in [-0.2, -0.15) is 0 Å². The molecule has 0 aliphatic carbocycles. The van der Waals surface area contributed by atoms with Crippen LogP contribution in [-0.4, -0.2) is 39.4 Å². The van der Waals surface area contributed by atoms with Crippen LogP contribution in [0, 0.1) is 0 Å². The summed E-state index contributed by atoms with van der Waals surface area (Å²) < 4.78 is 2.35. The van der Waals surface area contributed by atoms with Gasteiger partial charge in [0, 0.05) is 36.5 Å². The molecule has 4 aromatic rings. The number of thiophene rings is 1. The fraction of sp³-hybridized carbons (Fsp3) is 0.387. The second-order valence-electron chi connectivity index (χ2n) is 9.82. The molecule has 4 rings (SSSR count). The zero-order chi connectivity index (χ0) is 27.1. The van der Waals surface area contributed by atoms with Gasteiger partial charge in [0.25, 0.3) is 5.91 Å². The third kappa shape index (κ3) is 6.33. The van der Waals surface area contributed by atoms with Crippen molar-refractivity contribution >= 4 is 34.2 Å². The Kier molecular flexibility index (Phi) is 9.34. The number of nitrogens with one attached hydrogen (secondary N) is 1. The highest BCUT2D eigenvalue weighted by atomic mass is 32.1. The summed E-state index contributed by atoms with van der Waals surface area (Å²) in [6.07, 6.45) is 4.17. The van der Waals surface area contributed by atoms with Crippen molar-refractivity contribution in [2.24, 2.45) is 0 Å². The van der Waals surface area contributed by atoms with E-state index in [1.807, 2.05) is 55.5 Å².